The second-order valence-corrected chi connectivity index (χ2v) is 7.32. The lowest BCUT2D eigenvalue weighted by Crippen LogP contribution is -2.31. The molecule has 0 amide bonds. The highest BCUT2D eigenvalue weighted by molar-refractivity contribution is 7.09. The number of nitrogens with one attached hydrogen (secondary N) is 1. The lowest BCUT2D eigenvalue weighted by atomic mass is 9.94. The van der Waals surface area contributed by atoms with Gasteiger partial charge >= 0.3 is 0 Å². The van der Waals surface area contributed by atoms with Crippen LogP contribution < -0.4 is 5.32 Å². The van der Waals surface area contributed by atoms with E-state index in [4.69, 9.17) is 11.6 Å². The molecule has 2 nitrogen and oxygen atoms in total. The van der Waals surface area contributed by atoms with Crippen LogP contribution in [0.5, 0.6) is 0 Å². The van der Waals surface area contributed by atoms with Gasteiger partial charge in [-0.3, -0.25) is 0 Å². The number of thiazole rings is 1. The molecule has 1 heterocycles. The number of nitrogens with zero attached hydrogens (tertiary/aromatic N) is 1. The quantitative estimate of drug-likeness (QED) is 0.811. The van der Waals surface area contributed by atoms with Gasteiger partial charge in [0.2, 0.25) is 0 Å². The van der Waals surface area contributed by atoms with Gasteiger partial charge in [0.05, 0.1) is 10.7 Å². The molecule has 2 rings (SSSR count). The van der Waals surface area contributed by atoms with E-state index in [0.717, 1.165) is 29.4 Å². The molecule has 1 aromatic carbocycles. The third-order valence-corrected chi connectivity index (χ3v) is 4.45. The van der Waals surface area contributed by atoms with Crippen LogP contribution in [0.3, 0.4) is 0 Å². The summed E-state index contributed by atoms with van der Waals surface area (Å²) in [5, 5.41) is 7.68. The highest BCUT2D eigenvalue weighted by atomic mass is 35.5. The average Bonchev–Trinajstić information content (AvgIpc) is 2.81. The van der Waals surface area contributed by atoms with E-state index >= 15 is 0 Å². The third kappa shape index (κ3) is 5.77. The number of hydrogen-bond donors (Lipinski definition) is 1. The summed E-state index contributed by atoms with van der Waals surface area (Å²) in [5.41, 5.74) is 2.50. The van der Waals surface area contributed by atoms with Crippen LogP contribution in [0.2, 0.25) is 5.02 Å². The van der Waals surface area contributed by atoms with Gasteiger partial charge in [-0.25, -0.2) is 4.98 Å². The standard InChI is InChI=1S/C17H23ClN2S/c1-12(2)19-10-15(9-17-11-21-13(3)20-17)7-14-5-4-6-16(18)8-14/h4-6,8,11-12,15,19H,7,9-10H2,1-3H3. The Morgan fingerprint density at radius 3 is 2.71 bits per heavy atom. The van der Waals surface area contributed by atoms with Gasteiger partial charge in [-0.05, 0) is 49.9 Å². The van der Waals surface area contributed by atoms with Crippen molar-refractivity contribution in [1.82, 2.24) is 10.3 Å². The molecule has 0 bridgehead atoms. The zero-order valence-electron chi connectivity index (χ0n) is 12.9. The molecule has 0 spiro atoms. The van der Waals surface area contributed by atoms with Gasteiger partial charge in [0, 0.05) is 16.4 Å². The molecule has 0 radical (unpaired) electrons. The molecule has 21 heavy (non-hydrogen) atoms. The predicted molar refractivity (Wildman–Crippen MR) is 92.3 cm³/mol. The Bertz CT molecular complexity index is 565. The molecule has 0 aliphatic rings. The number of hydrogen-bond acceptors (Lipinski definition) is 3. The van der Waals surface area contributed by atoms with Crippen LogP contribution in [0.25, 0.3) is 0 Å². The fourth-order valence-electron chi connectivity index (χ4n) is 2.41. The maximum Gasteiger partial charge on any atom is 0.0897 e. The summed E-state index contributed by atoms with van der Waals surface area (Å²) in [5.74, 6) is 0.535. The van der Waals surface area contributed by atoms with Gasteiger partial charge in [-0.15, -0.1) is 11.3 Å². The van der Waals surface area contributed by atoms with Crippen molar-refractivity contribution in [2.45, 2.75) is 39.7 Å². The van der Waals surface area contributed by atoms with Crippen LogP contribution in [0.1, 0.15) is 30.1 Å². The first-order chi connectivity index (χ1) is 10.0. The lowest BCUT2D eigenvalue weighted by Gasteiger charge is -2.19. The number of aryl methyl sites for hydroxylation is 1. The topological polar surface area (TPSA) is 24.9 Å². The summed E-state index contributed by atoms with van der Waals surface area (Å²) in [6, 6.07) is 8.67. The number of halogens is 1. The monoisotopic (exact) mass is 322 g/mol. The van der Waals surface area contributed by atoms with Crippen LogP contribution >= 0.6 is 22.9 Å². The summed E-state index contributed by atoms with van der Waals surface area (Å²) in [4.78, 5) is 4.60. The molecular weight excluding hydrogens is 300 g/mol. The maximum absolute atomic E-state index is 6.09. The molecule has 1 unspecified atom stereocenters. The molecule has 0 saturated heterocycles. The third-order valence-electron chi connectivity index (χ3n) is 3.39. The molecule has 114 valence electrons. The molecule has 1 atom stereocenters. The molecule has 1 aromatic heterocycles. The largest absolute Gasteiger partial charge is 0.314 e. The van der Waals surface area contributed by atoms with E-state index in [1.807, 2.05) is 12.1 Å². The lowest BCUT2D eigenvalue weighted by molar-refractivity contribution is 0.441. The van der Waals surface area contributed by atoms with Crippen molar-refractivity contribution in [3.05, 3.63) is 50.9 Å². The van der Waals surface area contributed by atoms with Gasteiger partial charge in [0.25, 0.3) is 0 Å². The minimum Gasteiger partial charge on any atom is -0.314 e. The SMILES string of the molecule is Cc1nc(CC(CNC(C)C)Cc2cccc(Cl)c2)cs1. The van der Waals surface area contributed by atoms with Gasteiger partial charge in [-0.1, -0.05) is 37.6 Å². The van der Waals surface area contributed by atoms with E-state index in [2.05, 4.69) is 48.6 Å². The molecule has 0 aliphatic carbocycles. The number of rotatable bonds is 7. The van der Waals surface area contributed by atoms with Crippen molar-refractivity contribution in [1.29, 1.82) is 0 Å². The van der Waals surface area contributed by atoms with E-state index in [0.29, 0.717) is 12.0 Å². The second kappa shape index (κ2) is 7.92. The van der Waals surface area contributed by atoms with E-state index in [9.17, 15) is 0 Å². The molecule has 1 N–H and O–H groups in total. The highest BCUT2D eigenvalue weighted by Crippen LogP contribution is 2.19. The molecule has 0 aliphatic heterocycles. The average molecular weight is 323 g/mol. The van der Waals surface area contributed by atoms with Gasteiger partial charge in [0.1, 0.15) is 0 Å². The smallest absolute Gasteiger partial charge is 0.0897 e. The Morgan fingerprint density at radius 2 is 2.10 bits per heavy atom. The van der Waals surface area contributed by atoms with Crippen molar-refractivity contribution in [2.24, 2.45) is 5.92 Å². The highest BCUT2D eigenvalue weighted by Gasteiger charge is 2.13. The Hall–Kier alpha value is -0.900. The summed E-state index contributed by atoms with van der Waals surface area (Å²) < 4.78 is 0. The summed E-state index contributed by atoms with van der Waals surface area (Å²) in [7, 11) is 0. The van der Waals surface area contributed by atoms with E-state index in [1.165, 1.54) is 11.3 Å². The zero-order valence-corrected chi connectivity index (χ0v) is 14.5. The van der Waals surface area contributed by atoms with Crippen molar-refractivity contribution in [2.75, 3.05) is 6.54 Å². The molecule has 4 heteroatoms. The molecule has 0 saturated carbocycles. The van der Waals surface area contributed by atoms with Crippen LogP contribution in [0, 0.1) is 12.8 Å². The fourth-order valence-corrected chi connectivity index (χ4v) is 3.25. The van der Waals surface area contributed by atoms with Gasteiger partial charge in [-0.2, -0.15) is 0 Å². The van der Waals surface area contributed by atoms with Gasteiger partial charge < -0.3 is 5.32 Å². The number of aromatic nitrogens is 1. The van der Waals surface area contributed by atoms with Crippen molar-refractivity contribution < 1.29 is 0 Å². The Morgan fingerprint density at radius 1 is 1.29 bits per heavy atom. The Labute approximate surface area is 136 Å². The summed E-state index contributed by atoms with van der Waals surface area (Å²) in [6.07, 6.45) is 2.04. The summed E-state index contributed by atoms with van der Waals surface area (Å²) in [6.45, 7) is 7.43. The minimum absolute atomic E-state index is 0.504. The molecular formula is C17H23ClN2S. The number of benzene rings is 1. The van der Waals surface area contributed by atoms with E-state index in [-0.39, 0.29) is 0 Å². The Balaban J connectivity index is 2.04. The first-order valence-corrected chi connectivity index (χ1v) is 8.67. The Kier molecular flexibility index (Phi) is 6.22. The van der Waals surface area contributed by atoms with Crippen LogP contribution in [0.4, 0.5) is 0 Å². The first-order valence-electron chi connectivity index (χ1n) is 7.41. The van der Waals surface area contributed by atoms with E-state index in [1.54, 1.807) is 11.3 Å². The van der Waals surface area contributed by atoms with Crippen molar-refractivity contribution in [3.8, 4) is 0 Å². The van der Waals surface area contributed by atoms with Crippen molar-refractivity contribution >= 4 is 22.9 Å². The molecule has 0 fully saturated rings. The van der Waals surface area contributed by atoms with E-state index < -0.39 is 0 Å². The molecule has 2 aromatic rings. The van der Waals surface area contributed by atoms with Crippen LogP contribution in [-0.2, 0) is 12.8 Å². The van der Waals surface area contributed by atoms with Crippen LogP contribution in [0.15, 0.2) is 29.6 Å². The zero-order chi connectivity index (χ0) is 15.2. The summed E-state index contributed by atoms with van der Waals surface area (Å²) >= 11 is 7.82. The normalized spacial score (nSPS) is 12.8. The van der Waals surface area contributed by atoms with Crippen molar-refractivity contribution in [3.63, 3.8) is 0 Å². The fraction of sp³-hybridized carbons (Fsp3) is 0.471. The minimum atomic E-state index is 0.504. The van der Waals surface area contributed by atoms with Gasteiger partial charge in [0.15, 0.2) is 0 Å². The van der Waals surface area contributed by atoms with Crippen LogP contribution in [-0.4, -0.2) is 17.6 Å². The maximum atomic E-state index is 6.09. The first kappa shape index (κ1) is 16.5. The predicted octanol–water partition coefficient (Wildman–Crippen LogP) is 4.50. The second-order valence-electron chi connectivity index (χ2n) is 5.83.